The number of nitrogens with one attached hydrogen (secondary N) is 1. The summed E-state index contributed by atoms with van der Waals surface area (Å²) in [6, 6.07) is 7.93. The Morgan fingerprint density at radius 2 is 1.76 bits per heavy atom. The van der Waals surface area contributed by atoms with Crippen LogP contribution in [0.2, 0.25) is 0 Å². The molecule has 2 atom stereocenters. The van der Waals surface area contributed by atoms with Gasteiger partial charge in [-0.1, -0.05) is 12.1 Å². The van der Waals surface area contributed by atoms with Crippen LogP contribution in [-0.2, 0) is 14.6 Å². The molecule has 2 bridgehead atoms. The van der Waals surface area contributed by atoms with Crippen molar-refractivity contribution >= 4 is 26.9 Å². The van der Waals surface area contributed by atoms with Gasteiger partial charge in [0.15, 0.2) is 15.7 Å². The molecule has 6 rings (SSSR count). The minimum Gasteiger partial charge on any atom is -0.479 e. The standard InChI is InChI=1S/C26H37N5O5S/c1-18(2)30-23-7-4-5-8-24(23)31(26(30)33)25(32)27-20-15-21-17-22(16-20)29(21)9-6-12-36-19(3)28-10-13-37(34,35)14-11-28/h4-5,7-8,18,20-22H,3,6,9-17H2,1-2H3,(H,27,32). The first-order valence-electron chi connectivity index (χ1n) is 13.2. The predicted molar refractivity (Wildman–Crippen MR) is 142 cm³/mol. The number of fused-ring (bicyclic) bond motifs is 3. The molecule has 3 saturated heterocycles. The number of para-hydroxylation sites is 2. The molecule has 4 aliphatic rings. The highest BCUT2D eigenvalue weighted by Gasteiger charge is 2.45. The van der Waals surface area contributed by atoms with Gasteiger partial charge in [-0.3, -0.25) is 9.47 Å². The van der Waals surface area contributed by atoms with Crippen LogP contribution in [0.3, 0.4) is 0 Å². The molecule has 11 heteroatoms. The van der Waals surface area contributed by atoms with Crippen molar-refractivity contribution in [3.63, 3.8) is 0 Å². The number of benzene rings is 1. The maximum Gasteiger partial charge on any atom is 0.337 e. The van der Waals surface area contributed by atoms with E-state index in [4.69, 9.17) is 4.74 Å². The van der Waals surface area contributed by atoms with Gasteiger partial charge in [0.1, 0.15) is 0 Å². The predicted octanol–water partition coefficient (Wildman–Crippen LogP) is 2.16. The third-order valence-corrected chi connectivity index (χ3v) is 9.56. The Hall–Kier alpha value is -2.79. The lowest BCUT2D eigenvalue weighted by Crippen LogP contribution is -2.64. The minimum absolute atomic E-state index is 0.0421. The van der Waals surface area contributed by atoms with Gasteiger partial charge >= 0.3 is 11.7 Å². The highest BCUT2D eigenvalue weighted by Crippen LogP contribution is 2.38. The monoisotopic (exact) mass is 531 g/mol. The summed E-state index contributed by atoms with van der Waals surface area (Å²) in [5, 5.41) is 3.13. The lowest BCUT2D eigenvalue weighted by atomic mass is 9.77. The van der Waals surface area contributed by atoms with Crippen LogP contribution in [0.5, 0.6) is 0 Å². The fourth-order valence-electron chi connectivity index (χ4n) is 6.04. The van der Waals surface area contributed by atoms with Gasteiger partial charge < -0.3 is 15.0 Å². The van der Waals surface area contributed by atoms with E-state index >= 15 is 0 Å². The van der Waals surface area contributed by atoms with Crippen LogP contribution in [0, 0.1) is 0 Å². The number of imidazole rings is 1. The molecule has 2 aromatic rings. The Morgan fingerprint density at radius 3 is 2.41 bits per heavy atom. The Kier molecular flexibility index (Phi) is 7.10. The zero-order valence-electron chi connectivity index (χ0n) is 21.6. The molecule has 1 saturated carbocycles. The van der Waals surface area contributed by atoms with E-state index in [1.165, 1.54) is 4.57 Å². The number of ether oxygens (including phenoxy) is 1. The molecular weight excluding hydrogens is 494 g/mol. The quantitative estimate of drug-likeness (QED) is 0.411. The summed E-state index contributed by atoms with van der Waals surface area (Å²) in [4.78, 5) is 30.6. The van der Waals surface area contributed by atoms with E-state index in [1.807, 2.05) is 43.0 Å². The summed E-state index contributed by atoms with van der Waals surface area (Å²) < 4.78 is 31.9. The van der Waals surface area contributed by atoms with Crippen LogP contribution >= 0.6 is 0 Å². The molecule has 2 unspecified atom stereocenters. The van der Waals surface area contributed by atoms with E-state index in [-0.39, 0.29) is 35.3 Å². The average Bonchev–Trinajstić information content (AvgIpc) is 3.15. The van der Waals surface area contributed by atoms with E-state index in [0.717, 1.165) is 37.7 Å². The highest BCUT2D eigenvalue weighted by atomic mass is 32.2. The first kappa shape index (κ1) is 25.8. The summed E-state index contributed by atoms with van der Waals surface area (Å²) in [6.07, 6.45) is 3.74. The first-order chi connectivity index (χ1) is 17.6. The molecule has 1 N–H and O–H groups in total. The van der Waals surface area contributed by atoms with E-state index in [1.54, 1.807) is 4.57 Å². The van der Waals surface area contributed by atoms with Gasteiger partial charge in [0.2, 0.25) is 0 Å². The van der Waals surface area contributed by atoms with Crippen molar-refractivity contribution in [3.8, 4) is 0 Å². The zero-order chi connectivity index (χ0) is 26.3. The SMILES string of the molecule is C=C(OCCCN1C2CC(NC(=O)n3c(=O)n(C(C)C)c4ccccc43)CC1C2)N1CCS(=O)(=O)CC1. The number of hydrogen-bond donors (Lipinski definition) is 1. The molecule has 1 aromatic heterocycles. The lowest BCUT2D eigenvalue weighted by Gasteiger charge is -2.55. The van der Waals surface area contributed by atoms with E-state index in [9.17, 15) is 18.0 Å². The van der Waals surface area contributed by atoms with Gasteiger partial charge in [0.05, 0.1) is 29.1 Å². The van der Waals surface area contributed by atoms with Gasteiger partial charge in [-0.15, -0.1) is 0 Å². The second kappa shape index (κ2) is 10.2. The molecule has 1 amide bonds. The number of carbonyl (C=O) groups excluding carboxylic acids is 1. The van der Waals surface area contributed by atoms with Crippen LogP contribution < -0.4 is 11.0 Å². The van der Waals surface area contributed by atoms with Crippen LogP contribution in [0.15, 0.2) is 41.5 Å². The maximum atomic E-state index is 13.2. The molecule has 1 aliphatic carbocycles. The topological polar surface area (TPSA) is 106 Å². The second-order valence-corrected chi connectivity index (χ2v) is 13.0. The summed E-state index contributed by atoms with van der Waals surface area (Å²) in [5.74, 6) is 0.854. The number of hydrogen-bond acceptors (Lipinski definition) is 7. The smallest absolute Gasteiger partial charge is 0.337 e. The van der Waals surface area contributed by atoms with Gasteiger partial charge in [0.25, 0.3) is 0 Å². The summed E-state index contributed by atoms with van der Waals surface area (Å²) in [7, 11) is -2.92. The normalized spacial score (nSPS) is 25.2. The molecule has 4 heterocycles. The van der Waals surface area contributed by atoms with Crippen LogP contribution in [-0.4, -0.2) is 89.3 Å². The number of nitrogens with zero attached hydrogens (tertiary/aromatic N) is 4. The van der Waals surface area contributed by atoms with Gasteiger partial charge in [-0.05, 0) is 58.2 Å². The van der Waals surface area contributed by atoms with Crippen molar-refractivity contribution in [1.29, 1.82) is 0 Å². The van der Waals surface area contributed by atoms with Crippen molar-refractivity contribution in [2.24, 2.45) is 0 Å². The van der Waals surface area contributed by atoms with Crippen molar-refractivity contribution < 1.29 is 17.9 Å². The minimum atomic E-state index is -2.92. The third kappa shape index (κ3) is 5.16. The Morgan fingerprint density at radius 1 is 1.11 bits per heavy atom. The Labute approximate surface area is 217 Å². The number of sulfone groups is 1. The maximum absolute atomic E-state index is 13.2. The third-order valence-electron chi connectivity index (χ3n) is 7.95. The molecular formula is C26H37N5O5S. The fraction of sp³-hybridized carbons (Fsp3) is 0.615. The van der Waals surface area contributed by atoms with Crippen molar-refractivity contribution in [2.45, 2.75) is 63.7 Å². The van der Waals surface area contributed by atoms with Gasteiger partial charge in [-0.2, -0.15) is 0 Å². The largest absolute Gasteiger partial charge is 0.479 e. The molecule has 10 nitrogen and oxygen atoms in total. The Bertz CT molecular complexity index is 1320. The molecule has 0 spiro atoms. The number of piperidine rings is 1. The molecule has 37 heavy (non-hydrogen) atoms. The Balaban J connectivity index is 1.10. The van der Waals surface area contributed by atoms with E-state index in [2.05, 4.69) is 16.8 Å². The van der Waals surface area contributed by atoms with Crippen LogP contribution in [0.1, 0.15) is 45.6 Å². The molecule has 3 aliphatic heterocycles. The zero-order valence-corrected chi connectivity index (χ0v) is 22.5. The van der Waals surface area contributed by atoms with Gasteiger partial charge in [-0.25, -0.2) is 22.6 Å². The summed E-state index contributed by atoms with van der Waals surface area (Å²) >= 11 is 0. The molecule has 202 valence electrons. The number of aromatic nitrogens is 2. The number of amides is 1. The molecule has 0 radical (unpaired) electrons. The highest BCUT2D eigenvalue weighted by molar-refractivity contribution is 7.91. The number of rotatable bonds is 8. The van der Waals surface area contributed by atoms with Crippen LogP contribution in [0.25, 0.3) is 11.0 Å². The summed E-state index contributed by atoms with van der Waals surface area (Å²) in [5.41, 5.74) is 1.10. The number of carbonyl (C=O) groups is 1. The van der Waals surface area contributed by atoms with Crippen molar-refractivity contribution in [3.05, 3.63) is 47.2 Å². The van der Waals surface area contributed by atoms with Crippen LogP contribution in [0.4, 0.5) is 4.79 Å². The first-order valence-corrected chi connectivity index (χ1v) is 15.0. The summed E-state index contributed by atoms with van der Waals surface area (Å²) in [6.45, 7) is 10.2. The fourth-order valence-corrected chi connectivity index (χ4v) is 7.24. The molecule has 4 fully saturated rings. The molecule has 1 aromatic carbocycles. The average molecular weight is 532 g/mol. The van der Waals surface area contributed by atoms with E-state index < -0.39 is 9.84 Å². The lowest BCUT2D eigenvalue weighted by molar-refractivity contribution is -0.0432. The van der Waals surface area contributed by atoms with Crippen molar-refractivity contribution in [1.82, 2.24) is 24.3 Å². The van der Waals surface area contributed by atoms with Gasteiger partial charge in [0, 0.05) is 43.8 Å². The second-order valence-electron chi connectivity index (χ2n) is 10.7. The van der Waals surface area contributed by atoms with Crippen molar-refractivity contribution in [2.75, 3.05) is 37.7 Å². The van der Waals surface area contributed by atoms with E-state index in [0.29, 0.717) is 43.2 Å².